The van der Waals surface area contributed by atoms with Crippen molar-refractivity contribution in [3.05, 3.63) is 12.2 Å². The van der Waals surface area contributed by atoms with Crippen LogP contribution in [0.2, 0.25) is 0 Å². The second-order valence-electron chi connectivity index (χ2n) is 7.12. The highest BCUT2D eigenvalue weighted by molar-refractivity contribution is 4.81. The van der Waals surface area contributed by atoms with Gasteiger partial charge in [0.25, 0.3) is 0 Å². The van der Waals surface area contributed by atoms with Crippen molar-refractivity contribution in [3.8, 4) is 0 Å². The minimum absolute atomic E-state index is 0.882. The van der Waals surface area contributed by atoms with Gasteiger partial charge < -0.3 is 0 Å². The molecule has 0 heteroatoms. The summed E-state index contributed by atoms with van der Waals surface area (Å²) in [5.41, 5.74) is 0. The molecule has 0 aromatic heterocycles. The maximum Gasteiger partial charge on any atom is -0.0351 e. The number of rotatable bonds is 16. The molecule has 0 aliphatic rings. The van der Waals surface area contributed by atoms with Crippen molar-refractivity contribution < 1.29 is 0 Å². The molecule has 0 radical (unpaired) electrons. The molecule has 0 bridgehead atoms. The lowest BCUT2D eigenvalue weighted by molar-refractivity contribution is 0.528. The summed E-state index contributed by atoms with van der Waals surface area (Å²) >= 11 is 0. The Kier molecular flexibility index (Phi) is 17.6. The average molecular weight is 295 g/mol. The topological polar surface area (TPSA) is 0 Å². The largest absolute Gasteiger partial charge is 0.0885 e. The van der Waals surface area contributed by atoms with Gasteiger partial charge in [-0.25, -0.2) is 0 Å². The smallest absolute Gasteiger partial charge is 0.0351 e. The van der Waals surface area contributed by atoms with E-state index in [0.29, 0.717) is 0 Å². The quantitative estimate of drug-likeness (QED) is 0.199. The minimum atomic E-state index is 0.882. The van der Waals surface area contributed by atoms with Crippen LogP contribution in [0.15, 0.2) is 12.2 Å². The van der Waals surface area contributed by atoms with Gasteiger partial charge >= 0.3 is 0 Å². The van der Waals surface area contributed by atoms with E-state index in [4.69, 9.17) is 0 Å². The van der Waals surface area contributed by atoms with Crippen molar-refractivity contribution in [2.45, 2.75) is 117 Å². The predicted octanol–water partition coefficient (Wildman–Crippen LogP) is 8.07. The van der Waals surface area contributed by atoms with Crippen molar-refractivity contribution in [2.75, 3.05) is 0 Å². The van der Waals surface area contributed by atoms with Gasteiger partial charge in [0.1, 0.15) is 0 Å². The summed E-state index contributed by atoms with van der Waals surface area (Å²) < 4.78 is 0. The summed E-state index contributed by atoms with van der Waals surface area (Å²) in [5, 5.41) is 0. The summed E-state index contributed by atoms with van der Waals surface area (Å²) in [6.07, 6.45) is 26.0. The highest BCUT2D eigenvalue weighted by Crippen LogP contribution is 2.12. The van der Waals surface area contributed by atoms with Gasteiger partial charge in [-0.3, -0.25) is 0 Å². The summed E-state index contributed by atoms with van der Waals surface area (Å²) in [6.45, 7) is 6.94. The first kappa shape index (κ1) is 20.7. The SMILES string of the molecule is CCCCCCCCCCC/C=C/CCCCCC(C)C. The third-order valence-electron chi connectivity index (χ3n) is 4.29. The number of hydrogen-bond donors (Lipinski definition) is 0. The molecule has 0 aliphatic heterocycles. The van der Waals surface area contributed by atoms with Crippen molar-refractivity contribution in [3.63, 3.8) is 0 Å². The van der Waals surface area contributed by atoms with Crippen molar-refractivity contribution in [1.29, 1.82) is 0 Å². The van der Waals surface area contributed by atoms with Crippen LogP contribution in [0.1, 0.15) is 117 Å². The maximum absolute atomic E-state index is 2.42. The summed E-state index contributed by atoms with van der Waals surface area (Å²) in [4.78, 5) is 0. The van der Waals surface area contributed by atoms with Crippen LogP contribution in [0.3, 0.4) is 0 Å². The van der Waals surface area contributed by atoms with Gasteiger partial charge in [-0.2, -0.15) is 0 Å². The summed E-state index contributed by atoms with van der Waals surface area (Å²) in [6, 6.07) is 0. The molecule has 0 spiro atoms. The standard InChI is InChI=1S/C21H42/c1-4-5-6-7-8-9-10-11-12-13-14-15-16-17-18-19-20-21(2)3/h14-15,21H,4-13,16-20H2,1-3H3/b15-14+. The minimum Gasteiger partial charge on any atom is -0.0885 e. The lowest BCUT2D eigenvalue weighted by Crippen LogP contribution is -1.86. The first-order valence-electron chi connectivity index (χ1n) is 9.92. The Hall–Kier alpha value is -0.260. The third-order valence-corrected chi connectivity index (χ3v) is 4.29. The van der Waals surface area contributed by atoms with E-state index in [1.54, 1.807) is 0 Å². The number of unbranched alkanes of at least 4 members (excludes halogenated alkanes) is 12. The predicted molar refractivity (Wildman–Crippen MR) is 98.9 cm³/mol. The van der Waals surface area contributed by atoms with E-state index >= 15 is 0 Å². The summed E-state index contributed by atoms with van der Waals surface area (Å²) in [5.74, 6) is 0.882. The van der Waals surface area contributed by atoms with Gasteiger partial charge in [-0.15, -0.1) is 0 Å². The lowest BCUT2D eigenvalue weighted by atomic mass is 10.0. The van der Waals surface area contributed by atoms with Gasteiger partial charge in [-0.1, -0.05) is 104 Å². The van der Waals surface area contributed by atoms with Crippen LogP contribution in [0.4, 0.5) is 0 Å². The van der Waals surface area contributed by atoms with Crippen molar-refractivity contribution >= 4 is 0 Å². The molecule has 0 aliphatic carbocycles. The second kappa shape index (κ2) is 17.8. The molecule has 0 atom stereocenters. The molecule has 0 rings (SSSR count). The van der Waals surface area contributed by atoms with Crippen LogP contribution in [0.25, 0.3) is 0 Å². The fourth-order valence-electron chi connectivity index (χ4n) is 2.80. The Morgan fingerprint density at radius 3 is 1.48 bits per heavy atom. The molecule has 0 aromatic rings. The Morgan fingerprint density at radius 2 is 1.00 bits per heavy atom. The number of hydrogen-bond acceptors (Lipinski definition) is 0. The van der Waals surface area contributed by atoms with Crippen LogP contribution in [-0.4, -0.2) is 0 Å². The van der Waals surface area contributed by atoms with E-state index in [1.165, 1.54) is 96.3 Å². The van der Waals surface area contributed by atoms with Crippen molar-refractivity contribution in [2.24, 2.45) is 5.92 Å². The van der Waals surface area contributed by atoms with Crippen LogP contribution < -0.4 is 0 Å². The van der Waals surface area contributed by atoms with E-state index in [9.17, 15) is 0 Å². The van der Waals surface area contributed by atoms with Gasteiger partial charge in [0, 0.05) is 0 Å². The van der Waals surface area contributed by atoms with Gasteiger partial charge in [0.05, 0.1) is 0 Å². The molecule has 0 amide bonds. The molecular formula is C21H42. The second-order valence-corrected chi connectivity index (χ2v) is 7.12. The van der Waals surface area contributed by atoms with E-state index in [1.807, 2.05) is 0 Å². The Morgan fingerprint density at radius 1 is 0.571 bits per heavy atom. The molecule has 126 valence electrons. The van der Waals surface area contributed by atoms with Crippen molar-refractivity contribution in [1.82, 2.24) is 0 Å². The molecule has 0 fully saturated rings. The molecule has 0 unspecified atom stereocenters. The molecular weight excluding hydrogens is 252 g/mol. The van der Waals surface area contributed by atoms with Gasteiger partial charge in [-0.05, 0) is 31.6 Å². The Labute approximate surface area is 135 Å². The first-order chi connectivity index (χ1) is 10.3. The van der Waals surface area contributed by atoms with E-state index in [-0.39, 0.29) is 0 Å². The fourth-order valence-corrected chi connectivity index (χ4v) is 2.80. The van der Waals surface area contributed by atoms with Crippen LogP contribution in [0, 0.1) is 5.92 Å². The number of allylic oxidation sites excluding steroid dienone is 2. The Balaban J connectivity index is 3.05. The normalized spacial score (nSPS) is 11.8. The van der Waals surface area contributed by atoms with Crippen LogP contribution in [-0.2, 0) is 0 Å². The molecule has 0 heterocycles. The van der Waals surface area contributed by atoms with E-state index in [2.05, 4.69) is 32.9 Å². The zero-order valence-corrected chi connectivity index (χ0v) is 15.3. The molecule has 0 N–H and O–H groups in total. The summed E-state index contributed by atoms with van der Waals surface area (Å²) in [7, 11) is 0. The van der Waals surface area contributed by atoms with E-state index < -0.39 is 0 Å². The van der Waals surface area contributed by atoms with Gasteiger partial charge in [0.2, 0.25) is 0 Å². The lowest BCUT2D eigenvalue weighted by Gasteiger charge is -2.02. The average Bonchev–Trinajstić information content (AvgIpc) is 2.46. The van der Waals surface area contributed by atoms with Crippen LogP contribution >= 0.6 is 0 Å². The Bertz CT molecular complexity index is 202. The maximum atomic E-state index is 2.42. The highest BCUT2D eigenvalue weighted by Gasteiger charge is 1.93. The van der Waals surface area contributed by atoms with E-state index in [0.717, 1.165) is 5.92 Å². The molecule has 0 aromatic carbocycles. The zero-order chi connectivity index (χ0) is 15.6. The molecule has 21 heavy (non-hydrogen) atoms. The molecule has 0 nitrogen and oxygen atoms in total. The third kappa shape index (κ3) is 19.7. The zero-order valence-electron chi connectivity index (χ0n) is 15.3. The molecule has 0 saturated carbocycles. The highest BCUT2D eigenvalue weighted by atomic mass is 14.0. The van der Waals surface area contributed by atoms with Gasteiger partial charge in [0.15, 0.2) is 0 Å². The fraction of sp³-hybridized carbons (Fsp3) is 0.905. The van der Waals surface area contributed by atoms with Crippen LogP contribution in [0.5, 0.6) is 0 Å². The first-order valence-corrected chi connectivity index (χ1v) is 9.92. The molecule has 0 saturated heterocycles. The monoisotopic (exact) mass is 294 g/mol.